The van der Waals surface area contributed by atoms with E-state index in [1.807, 2.05) is 0 Å². The summed E-state index contributed by atoms with van der Waals surface area (Å²) in [6, 6.07) is 0.554. The fraction of sp³-hybridized carbons (Fsp3) is 0.929. The molecule has 0 bridgehead atoms. The Bertz CT molecular complexity index is 239. The van der Waals surface area contributed by atoms with E-state index in [4.69, 9.17) is 4.74 Å². The quantitative estimate of drug-likeness (QED) is 0.422. The number of methoxy groups -OCH3 is 1. The smallest absolute Gasteiger partial charge is 0.336 e. The number of nitrogens with zero attached hydrogens (tertiary/aromatic N) is 1. The summed E-state index contributed by atoms with van der Waals surface area (Å²) in [6.07, 6.45) is 2.07. The molecule has 0 spiro atoms. The summed E-state index contributed by atoms with van der Waals surface area (Å²) >= 11 is 0. The lowest BCUT2D eigenvalue weighted by Gasteiger charge is -2.24. The highest BCUT2D eigenvalue weighted by Crippen LogP contribution is 2.15. The molecule has 0 atom stereocenters. The van der Waals surface area contributed by atoms with Crippen LogP contribution in [0.15, 0.2) is 0 Å². The first-order valence-corrected chi connectivity index (χ1v) is 6.79. The maximum absolute atomic E-state index is 5.49. The van der Waals surface area contributed by atoms with E-state index < -0.39 is 0 Å². The Morgan fingerprint density at radius 1 is 1.29 bits per heavy atom. The van der Waals surface area contributed by atoms with Crippen molar-refractivity contribution >= 4 is 5.90 Å². The third-order valence-corrected chi connectivity index (χ3v) is 3.18. The van der Waals surface area contributed by atoms with Crippen molar-refractivity contribution in [2.24, 2.45) is 0 Å². The molecule has 0 aromatic heterocycles. The van der Waals surface area contributed by atoms with Crippen LogP contribution < -0.4 is 5.32 Å². The minimum absolute atomic E-state index is 0.137. The summed E-state index contributed by atoms with van der Waals surface area (Å²) < 4.78 is 7.86. The van der Waals surface area contributed by atoms with Gasteiger partial charge in [0.15, 0.2) is 5.54 Å². The lowest BCUT2D eigenvalue weighted by atomic mass is 9.99. The SMILES string of the molecule is CCC(OC)=[N+](CC)C(C)(C)CCNC(C)C. The first-order valence-electron chi connectivity index (χ1n) is 6.79. The monoisotopic (exact) mass is 243 g/mol. The van der Waals surface area contributed by atoms with Gasteiger partial charge >= 0.3 is 5.90 Å². The van der Waals surface area contributed by atoms with E-state index >= 15 is 0 Å². The van der Waals surface area contributed by atoms with Gasteiger partial charge in [0.05, 0.1) is 13.5 Å². The molecule has 0 aliphatic heterocycles. The number of nitrogens with one attached hydrogen (secondary N) is 1. The van der Waals surface area contributed by atoms with Crippen molar-refractivity contribution in [2.75, 3.05) is 20.2 Å². The molecule has 0 saturated heterocycles. The highest BCUT2D eigenvalue weighted by atomic mass is 16.5. The Labute approximate surface area is 107 Å². The zero-order chi connectivity index (χ0) is 13.5. The van der Waals surface area contributed by atoms with E-state index in [-0.39, 0.29) is 5.54 Å². The maximum Gasteiger partial charge on any atom is 0.336 e. The summed E-state index contributed by atoms with van der Waals surface area (Å²) in [7, 11) is 1.77. The van der Waals surface area contributed by atoms with E-state index in [1.165, 1.54) is 0 Å². The summed E-state index contributed by atoms with van der Waals surface area (Å²) in [4.78, 5) is 0. The van der Waals surface area contributed by atoms with Crippen LogP contribution >= 0.6 is 0 Å². The largest absolute Gasteiger partial charge is 0.451 e. The molecule has 0 unspecified atom stereocenters. The van der Waals surface area contributed by atoms with Crippen molar-refractivity contribution in [3.63, 3.8) is 0 Å². The lowest BCUT2D eigenvalue weighted by Crippen LogP contribution is -2.43. The maximum atomic E-state index is 5.49. The van der Waals surface area contributed by atoms with E-state index in [2.05, 4.69) is 51.4 Å². The van der Waals surface area contributed by atoms with Gasteiger partial charge < -0.3 is 10.1 Å². The van der Waals surface area contributed by atoms with Gasteiger partial charge in [-0.05, 0) is 6.92 Å². The average molecular weight is 243 g/mol. The fourth-order valence-electron chi connectivity index (χ4n) is 2.19. The molecule has 0 aromatic carbocycles. The van der Waals surface area contributed by atoms with E-state index in [9.17, 15) is 0 Å². The highest BCUT2D eigenvalue weighted by Gasteiger charge is 2.32. The van der Waals surface area contributed by atoms with Gasteiger partial charge in [-0.15, -0.1) is 0 Å². The van der Waals surface area contributed by atoms with Crippen LogP contribution in [0.2, 0.25) is 0 Å². The molecule has 102 valence electrons. The van der Waals surface area contributed by atoms with E-state index in [1.54, 1.807) is 7.11 Å². The number of hydrogen-bond acceptors (Lipinski definition) is 2. The highest BCUT2D eigenvalue weighted by molar-refractivity contribution is 5.70. The van der Waals surface area contributed by atoms with Gasteiger partial charge in [0.25, 0.3) is 0 Å². The van der Waals surface area contributed by atoms with Crippen molar-refractivity contribution < 1.29 is 9.31 Å². The average Bonchev–Trinajstić information content (AvgIpc) is 2.24. The standard InChI is InChI=1S/C14H31N2O/c1-8-13(17-7)16(9-2)14(5,6)10-11-15-12(3)4/h12,15H,8-11H2,1-7H3/q+1. The van der Waals surface area contributed by atoms with Crippen molar-refractivity contribution in [3.8, 4) is 0 Å². The van der Waals surface area contributed by atoms with Crippen LogP contribution in [0.25, 0.3) is 0 Å². The first kappa shape index (κ1) is 16.4. The topological polar surface area (TPSA) is 24.3 Å². The van der Waals surface area contributed by atoms with Crippen molar-refractivity contribution in [1.82, 2.24) is 5.32 Å². The van der Waals surface area contributed by atoms with Gasteiger partial charge in [-0.3, -0.25) is 0 Å². The molecule has 0 aromatic rings. The zero-order valence-corrected chi connectivity index (χ0v) is 12.8. The molecule has 0 saturated carbocycles. The molecule has 0 fully saturated rings. The summed E-state index contributed by atoms with van der Waals surface area (Å²) in [5.74, 6) is 1.09. The summed E-state index contributed by atoms with van der Waals surface area (Å²) in [5.41, 5.74) is 0.137. The van der Waals surface area contributed by atoms with Crippen LogP contribution in [0.4, 0.5) is 0 Å². The molecule has 0 rings (SSSR count). The van der Waals surface area contributed by atoms with Crippen molar-refractivity contribution in [2.45, 2.75) is 66.0 Å². The van der Waals surface area contributed by atoms with Gasteiger partial charge in [0.2, 0.25) is 0 Å². The van der Waals surface area contributed by atoms with Crippen LogP contribution in [0.3, 0.4) is 0 Å². The molecule has 3 nitrogen and oxygen atoms in total. The van der Waals surface area contributed by atoms with Crippen molar-refractivity contribution in [1.29, 1.82) is 0 Å². The summed E-state index contributed by atoms with van der Waals surface area (Å²) in [6.45, 7) is 15.3. The predicted molar refractivity (Wildman–Crippen MR) is 74.9 cm³/mol. The Hall–Kier alpha value is -0.570. The van der Waals surface area contributed by atoms with Crippen LogP contribution in [0.5, 0.6) is 0 Å². The fourth-order valence-corrected chi connectivity index (χ4v) is 2.19. The van der Waals surface area contributed by atoms with E-state index in [0.717, 1.165) is 31.8 Å². The normalized spacial score (nSPS) is 13.9. The third-order valence-electron chi connectivity index (χ3n) is 3.18. The molecule has 1 N–H and O–H groups in total. The number of hydrogen-bond donors (Lipinski definition) is 1. The number of rotatable bonds is 7. The molecule has 17 heavy (non-hydrogen) atoms. The minimum atomic E-state index is 0.137. The molecule has 3 heteroatoms. The molecule has 0 aliphatic carbocycles. The number of ether oxygens (including phenoxy) is 1. The molecular weight excluding hydrogens is 212 g/mol. The first-order chi connectivity index (χ1) is 7.88. The van der Waals surface area contributed by atoms with Gasteiger partial charge in [-0.25, -0.2) is 0 Å². The second kappa shape index (κ2) is 7.70. The Kier molecular flexibility index (Phi) is 7.44. The molecule has 0 amide bonds. The van der Waals surface area contributed by atoms with Crippen molar-refractivity contribution in [3.05, 3.63) is 0 Å². The van der Waals surface area contributed by atoms with Gasteiger partial charge in [-0.2, -0.15) is 4.58 Å². The van der Waals surface area contributed by atoms with Crippen LogP contribution in [-0.4, -0.2) is 42.3 Å². The van der Waals surface area contributed by atoms with Crippen LogP contribution in [-0.2, 0) is 4.74 Å². The van der Waals surface area contributed by atoms with Gasteiger partial charge in [0.1, 0.15) is 6.54 Å². The van der Waals surface area contributed by atoms with Gasteiger partial charge in [0, 0.05) is 32.9 Å². The Balaban J connectivity index is 4.68. The lowest BCUT2D eigenvalue weighted by molar-refractivity contribution is -0.606. The third kappa shape index (κ3) is 5.53. The minimum Gasteiger partial charge on any atom is -0.451 e. The molecule has 0 radical (unpaired) electrons. The molecule has 0 heterocycles. The Morgan fingerprint density at radius 2 is 1.88 bits per heavy atom. The predicted octanol–water partition coefficient (Wildman–Crippen LogP) is 2.64. The van der Waals surface area contributed by atoms with Crippen LogP contribution in [0, 0.1) is 0 Å². The van der Waals surface area contributed by atoms with E-state index in [0.29, 0.717) is 6.04 Å². The van der Waals surface area contributed by atoms with Gasteiger partial charge in [-0.1, -0.05) is 20.8 Å². The summed E-state index contributed by atoms with van der Waals surface area (Å²) in [5, 5.41) is 3.48. The second-order valence-corrected chi connectivity index (χ2v) is 5.37. The molecular formula is C14H31N2O+. The Morgan fingerprint density at radius 3 is 2.24 bits per heavy atom. The molecule has 0 aliphatic rings. The zero-order valence-electron chi connectivity index (χ0n) is 12.8. The van der Waals surface area contributed by atoms with Crippen LogP contribution in [0.1, 0.15) is 54.4 Å². The second-order valence-electron chi connectivity index (χ2n) is 5.37.